The molecule has 0 amide bonds. The van der Waals surface area contributed by atoms with Crippen LogP contribution in [0.25, 0.3) is 0 Å². The number of rotatable bonds is 8. The Morgan fingerprint density at radius 2 is 1.82 bits per heavy atom. The van der Waals surface area contributed by atoms with Crippen molar-refractivity contribution in [3.63, 3.8) is 0 Å². The van der Waals surface area contributed by atoms with E-state index in [1.54, 1.807) is 0 Å². The summed E-state index contributed by atoms with van der Waals surface area (Å²) in [7, 11) is 5.38. The first kappa shape index (κ1) is 19.3. The molecular formula is C14H24BF3N2O2. The van der Waals surface area contributed by atoms with Crippen molar-refractivity contribution in [3.05, 3.63) is 0 Å². The molecule has 1 fully saturated rings. The third kappa shape index (κ3) is 5.80. The Labute approximate surface area is 130 Å². The summed E-state index contributed by atoms with van der Waals surface area (Å²) in [6.45, 7) is 1.08. The Hall–Kier alpha value is -0.755. The summed E-state index contributed by atoms with van der Waals surface area (Å²) in [5.41, 5.74) is 4.62. The molecule has 0 aromatic rings. The Kier molecular flexibility index (Phi) is 7.19. The highest BCUT2D eigenvalue weighted by atomic mass is 19.4. The number of hydrogen-bond donors (Lipinski definition) is 2. The molecule has 0 aromatic heterocycles. The number of unbranched alkanes of at least 4 members (excludes halogenated alkanes) is 1. The number of alkyl halides is 3. The van der Waals surface area contributed by atoms with Crippen LogP contribution in [0.1, 0.15) is 38.5 Å². The highest BCUT2D eigenvalue weighted by Gasteiger charge is 2.41. The zero-order valence-corrected chi connectivity index (χ0v) is 12.7. The lowest BCUT2D eigenvalue weighted by Gasteiger charge is -2.35. The molecule has 1 aliphatic rings. The van der Waals surface area contributed by atoms with Crippen LogP contribution in [0.5, 0.6) is 0 Å². The second-order valence-corrected chi connectivity index (χ2v) is 6.11. The normalized spacial score (nSPS) is 20.7. The highest BCUT2D eigenvalue weighted by molar-refractivity contribution is 6.08. The van der Waals surface area contributed by atoms with Crippen LogP contribution >= 0.6 is 0 Å². The first-order valence-corrected chi connectivity index (χ1v) is 7.70. The molecule has 0 bridgehead atoms. The Morgan fingerprint density at radius 1 is 1.23 bits per heavy atom. The van der Waals surface area contributed by atoms with Crippen LogP contribution in [-0.4, -0.2) is 55.2 Å². The Balaban J connectivity index is 2.42. The minimum atomic E-state index is -4.13. The average molecular weight is 320 g/mol. The summed E-state index contributed by atoms with van der Waals surface area (Å²) in [6.07, 6.45) is -1.59. The lowest BCUT2D eigenvalue weighted by atomic mass is 9.87. The van der Waals surface area contributed by atoms with Gasteiger partial charge in [-0.2, -0.15) is 13.2 Å². The molecule has 1 aliphatic heterocycles. The van der Waals surface area contributed by atoms with Crippen molar-refractivity contribution in [2.75, 3.05) is 19.6 Å². The molecule has 126 valence electrons. The summed E-state index contributed by atoms with van der Waals surface area (Å²) >= 11 is 0. The van der Waals surface area contributed by atoms with Gasteiger partial charge >= 0.3 is 12.1 Å². The van der Waals surface area contributed by atoms with Gasteiger partial charge in [0.2, 0.25) is 0 Å². The molecular weight excluding hydrogens is 296 g/mol. The number of piperidine rings is 1. The molecule has 0 aliphatic carbocycles. The lowest BCUT2D eigenvalue weighted by molar-refractivity contribution is -0.185. The van der Waals surface area contributed by atoms with Gasteiger partial charge in [-0.15, -0.1) is 0 Å². The number of carboxylic acid groups (broad SMARTS) is 1. The van der Waals surface area contributed by atoms with Gasteiger partial charge in [0, 0.05) is 6.54 Å². The Morgan fingerprint density at radius 3 is 2.27 bits per heavy atom. The maximum absolute atomic E-state index is 12.6. The zero-order chi connectivity index (χ0) is 16.8. The fraction of sp³-hybridized carbons (Fsp3) is 0.929. The lowest BCUT2D eigenvalue weighted by Crippen LogP contribution is -2.51. The third-order valence-corrected chi connectivity index (χ3v) is 4.43. The quantitative estimate of drug-likeness (QED) is 0.531. The standard InChI is InChI=1S/C14H24BF3N2O2/c15-7-2-1-5-13(19,12(21)22)6-10-20-8-3-11(4-9-20)14(16,17)18/h11H,1-10,19H2,(H,21,22). The summed E-state index contributed by atoms with van der Waals surface area (Å²) in [5, 5.41) is 9.29. The number of nitrogens with zero attached hydrogens (tertiary/aromatic N) is 1. The molecule has 1 atom stereocenters. The minimum Gasteiger partial charge on any atom is -0.480 e. The first-order valence-electron chi connectivity index (χ1n) is 7.70. The first-order chi connectivity index (χ1) is 10.2. The van der Waals surface area contributed by atoms with Crippen molar-refractivity contribution in [2.45, 2.75) is 56.6 Å². The van der Waals surface area contributed by atoms with E-state index >= 15 is 0 Å². The molecule has 1 rings (SSSR count). The van der Waals surface area contributed by atoms with E-state index in [0.717, 1.165) is 0 Å². The van der Waals surface area contributed by atoms with Gasteiger partial charge in [-0.05, 0) is 38.8 Å². The van der Waals surface area contributed by atoms with E-state index in [4.69, 9.17) is 13.6 Å². The topological polar surface area (TPSA) is 66.6 Å². The number of likely N-dealkylation sites (tertiary alicyclic amines) is 1. The summed E-state index contributed by atoms with van der Waals surface area (Å²) in [5.74, 6) is -2.30. The van der Waals surface area contributed by atoms with Crippen molar-refractivity contribution in [2.24, 2.45) is 11.7 Å². The van der Waals surface area contributed by atoms with Gasteiger partial charge in [0.25, 0.3) is 0 Å². The van der Waals surface area contributed by atoms with Crippen LogP contribution in [0.15, 0.2) is 0 Å². The number of hydrogen-bond acceptors (Lipinski definition) is 3. The monoisotopic (exact) mass is 320 g/mol. The summed E-state index contributed by atoms with van der Waals surface area (Å²) < 4.78 is 37.8. The zero-order valence-electron chi connectivity index (χ0n) is 12.7. The van der Waals surface area contributed by atoms with Crippen LogP contribution in [0, 0.1) is 5.92 Å². The second kappa shape index (κ2) is 8.20. The summed E-state index contributed by atoms with van der Waals surface area (Å²) in [6, 6.07) is 0. The van der Waals surface area contributed by atoms with Gasteiger partial charge in [0.15, 0.2) is 0 Å². The summed E-state index contributed by atoms with van der Waals surface area (Å²) in [4.78, 5) is 13.2. The largest absolute Gasteiger partial charge is 0.480 e. The minimum absolute atomic E-state index is 0.0708. The smallest absolute Gasteiger partial charge is 0.391 e. The predicted molar refractivity (Wildman–Crippen MR) is 78.8 cm³/mol. The average Bonchev–Trinajstić information content (AvgIpc) is 2.45. The van der Waals surface area contributed by atoms with Gasteiger partial charge in [-0.1, -0.05) is 19.2 Å². The molecule has 0 saturated carbocycles. The molecule has 2 radical (unpaired) electrons. The van der Waals surface area contributed by atoms with Crippen molar-refractivity contribution < 1.29 is 23.1 Å². The van der Waals surface area contributed by atoms with E-state index < -0.39 is 23.6 Å². The SMILES string of the molecule is [B]CCCCC(N)(CCN1CCC(C(F)(F)F)CC1)C(=O)O. The van der Waals surface area contributed by atoms with Crippen LogP contribution in [-0.2, 0) is 4.79 Å². The fourth-order valence-electron chi connectivity index (χ4n) is 2.77. The van der Waals surface area contributed by atoms with E-state index in [0.29, 0.717) is 45.2 Å². The number of nitrogens with two attached hydrogens (primary N) is 1. The van der Waals surface area contributed by atoms with E-state index in [1.165, 1.54) is 0 Å². The van der Waals surface area contributed by atoms with Gasteiger partial charge in [0.05, 0.1) is 13.8 Å². The van der Waals surface area contributed by atoms with E-state index in [2.05, 4.69) is 0 Å². The number of carbonyl (C=O) groups is 1. The molecule has 1 saturated heterocycles. The molecule has 4 nitrogen and oxygen atoms in total. The third-order valence-electron chi connectivity index (χ3n) is 4.43. The van der Waals surface area contributed by atoms with Crippen molar-refractivity contribution in [1.29, 1.82) is 0 Å². The van der Waals surface area contributed by atoms with Crippen LogP contribution in [0.3, 0.4) is 0 Å². The molecule has 22 heavy (non-hydrogen) atoms. The van der Waals surface area contributed by atoms with Crippen molar-refractivity contribution >= 4 is 13.8 Å². The van der Waals surface area contributed by atoms with Crippen LogP contribution in [0.2, 0.25) is 6.32 Å². The van der Waals surface area contributed by atoms with Gasteiger partial charge in [-0.25, -0.2) is 0 Å². The number of carboxylic acids is 1. The Bertz CT molecular complexity index is 360. The molecule has 1 heterocycles. The highest BCUT2D eigenvalue weighted by Crippen LogP contribution is 2.34. The molecule has 0 spiro atoms. The maximum atomic E-state index is 12.6. The molecule has 1 unspecified atom stereocenters. The van der Waals surface area contributed by atoms with Crippen molar-refractivity contribution in [1.82, 2.24) is 4.90 Å². The number of aliphatic carboxylic acids is 1. The number of halogens is 3. The molecule has 0 aromatic carbocycles. The van der Waals surface area contributed by atoms with E-state index in [9.17, 15) is 23.1 Å². The second-order valence-electron chi connectivity index (χ2n) is 6.11. The fourth-order valence-corrected chi connectivity index (χ4v) is 2.77. The predicted octanol–water partition coefficient (Wildman–Crippen LogP) is 2.19. The van der Waals surface area contributed by atoms with E-state index in [-0.39, 0.29) is 19.3 Å². The van der Waals surface area contributed by atoms with E-state index in [1.807, 2.05) is 4.90 Å². The molecule has 3 N–H and O–H groups in total. The van der Waals surface area contributed by atoms with Crippen LogP contribution in [0.4, 0.5) is 13.2 Å². The van der Waals surface area contributed by atoms with Crippen LogP contribution < -0.4 is 5.73 Å². The van der Waals surface area contributed by atoms with Crippen molar-refractivity contribution in [3.8, 4) is 0 Å². The van der Waals surface area contributed by atoms with Gasteiger partial charge < -0.3 is 15.7 Å². The van der Waals surface area contributed by atoms with Gasteiger partial charge in [-0.3, -0.25) is 4.79 Å². The molecule has 8 heteroatoms. The maximum Gasteiger partial charge on any atom is 0.391 e. The van der Waals surface area contributed by atoms with Gasteiger partial charge in [0.1, 0.15) is 5.54 Å².